The maximum Gasteiger partial charge on any atom is 0.251 e. The number of rotatable bonds is 2. The smallest absolute Gasteiger partial charge is 0.251 e. The monoisotopic (exact) mass is 268 g/mol. The summed E-state index contributed by atoms with van der Waals surface area (Å²) >= 11 is 0. The lowest BCUT2D eigenvalue weighted by molar-refractivity contribution is 0.529. The van der Waals surface area contributed by atoms with E-state index in [0.29, 0.717) is 6.54 Å². The van der Waals surface area contributed by atoms with Crippen molar-refractivity contribution >= 4 is 0 Å². The molecule has 3 rings (SSSR count). The number of aryl methyl sites for hydroxylation is 1. The maximum absolute atomic E-state index is 12.2. The van der Waals surface area contributed by atoms with Gasteiger partial charge in [0.2, 0.25) is 0 Å². The fraction of sp³-hybridized carbons (Fsp3) is 0.353. The molecule has 0 bridgehead atoms. The summed E-state index contributed by atoms with van der Waals surface area (Å²) in [7, 11) is 0. The van der Waals surface area contributed by atoms with Gasteiger partial charge in [-0.3, -0.25) is 4.79 Å². The van der Waals surface area contributed by atoms with E-state index in [0.717, 1.165) is 30.5 Å². The van der Waals surface area contributed by atoms with Crippen LogP contribution in [0, 0.1) is 6.92 Å². The molecule has 2 N–H and O–H groups in total. The first-order chi connectivity index (χ1) is 9.66. The summed E-state index contributed by atoms with van der Waals surface area (Å²) in [6.45, 7) is 2.73. The highest BCUT2D eigenvalue weighted by Crippen LogP contribution is 2.27. The highest BCUT2D eigenvalue weighted by atomic mass is 16.1. The van der Waals surface area contributed by atoms with Crippen LogP contribution >= 0.6 is 0 Å². The Morgan fingerprint density at radius 1 is 1.25 bits per heavy atom. The molecule has 1 heterocycles. The van der Waals surface area contributed by atoms with Crippen molar-refractivity contribution in [1.29, 1.82) is 0 Å². The number of aromatic nitrogens is 1. The molecule has 0 fully saturated rings. The van der Waals surface area contributed by atoms with Gasteiger partial charge >= 0.3 is 0 Å². The van der Waals surface area contributed by atoms with Crippen LogP contribution in [0.15, 0.2) is 41.2 Å². The van der Waals surface area contributed by atoms with Crippen LogP contribution < -0.4 is 11.3 Å². The third kappa shape index (κ3) is 2.29. The highest BCUT2D eigenvalue weighted by Gasteiger charge is 2.20. The van der Waals surface area contributed by atoms with Crippen LogP contribution in [0.3, 0.4) is 0 Å². The van der Waals surface area contributed by atoms with Gasteiger partial charge < -0.3 is 10.3 Å². The summed E-state index contributed by atoms with van der Waals surface area (Å²) in [6, 6.07) is 11.9. The van der Waals surface area contributed by atoms with Crippen molar-refractivity contribution in [2.75, 3.05) is 0 Å². The fourth-order valence-corrected chi connectivity index (χ4v) is 3.03. The number of nitrogens with two attached hydrogens (primary N) is 1. The number of benzene rings is 1. The molecule has 1 aliphatic carbocycles. The van der Waals surface area contributed by atoms with E-state index in [1.54, 1.807) is 6.07 Å². The highest BCUT2D eigenvalue weighted by molar-refractivity contribution is 5.30. The molecule has 1 aromatic heterocycles. The van der Waals surface area contributed by atoms with Crippen LogP contribution in [0.2, 0.25) is 0 Å². The zero-order chi connectivity index (χ0) is 14.1. The largest absolute Gasteiger partial charge is 0.324 e. The molecular weight excluding hydrogens is 248 g/mol. The van der Waals surface area contributed by atoms with E-state index in [1.165, 1.54) is 11.1 Å². The molecule has 0 aliphatic heterocycles. The van der Waals surface area contributed by atoms with Gasteiger partial charge in [0.25, 0.3) is 5.56 Å². The molecule has 1 unspecified atom stereocenters. The summed E-state index contributed by atoms with van der Waals surface area (Å²) in [5.41, 5.74) is 10.9. The molecule has 0 amide bonds. The van der Waals surface area contributed by atoms with Gasteiger partial charge in [0, 0.05) is 17.8 Å². The molecule has 0 spiro atoms. The summed E-state index contributed by atoms with van der Waals surface area (Å²) in [4.78, 5) is 12.2. The van der Waals surface area contributed by atoms with E-state index in [1.807, 2.05) is 22.8 Å². The molecular formula is C17H20N2O. The Morgan fingerprint density at radius 3 is 2.85 bits per heavy atom. The normalized spacial score (nSPS) is 17.8. The van der Waals surface area contributed by atoms with E-state index in [2.05, 4.69) is 19.1 Å². The SMILES string of the molecule is Cc1ccccc1Cn1c2c(ccc1=O)C(N)CCC2. The van der Waals surface area contributed by atoms with Crippen molar-refractivity contribution in [2.24, 2.45) is 5.73 Å². The molecule has 1 aliphatic rings. The maximum atomic E-state index is 12.2. The lowest BCUT2D eigenvalue weighted by Gasteiger charge is -2.25. The Kier molecular flexibility index (Phi) is 3.45. The topological polar surface area (TPSA) is 48.0 Å². The van der Waals surface area contributed by atoms with Gasteiger partial charge in [0.15, 0.2) is 0 Å². The van der Waals surface area contributed by atoms with Crippen molar-refractivity contribution in [1.82, 2.24) is 4.57 Å². The van der Waals surface area contributed by atoms with E-state index in [9.17, 15) is 4.79 Å². The second-order valence-corrected chi connectivity index (χ2v) is 5.58. The van der Waals surface area contributed by atoms with Crippen LogP contribution in [-0.4, -0.2) is 4.57 Å². The predicted octanol–water partition coefficient (Wildman–Crippen LogP) is 2.54. The summed E-state index contributed by atoms with van der Waals surface area (Å²) < 4.78 is 1.90. The Bertz CT molecular complexity index is 688. The number of hydrogen-bond donors (Lipinski definition) is 1. The Balaban J connectivity index is 2.08. The second-order valence-electron chi connectivity index (χ2n) is 5.58. The average molecular weight is 268 g/mol. The zero-order valence-electron chi connectivity index (χ0n) is 11.8. The first kappa shape index (κ1) is 13.1. The van der Waals surface area contributed by atoms with Gasteiger partial charge in [-0.25, -0.2) is 0 Å². The average Bonchev–Trinajstić information content (AvgIpc) is 2.44. The van der Waals surface area contributed by atoms with Crippen molar-refractivity contribution in [3.05, 3.63) is 69.1 Å². The predicted molar refractivity (Wildman–Crippen MR) is 80.8 cm³/mol. The first-order valence-electron chi connectivity index (χ1n) is 7.19. The third-order valence-corrected chi connectivity index (χ3v) is 4.25. The van der Waals surface area contributed by atoms with Crippen molar-refractivity contribution < 1.29 is 0 Å². The molecule has 0 saturated carbocycles. The summed E-state index contributed by atoms with van der Waals surface area (Å²) in [5, 5.41) is 0. The third-order valence-electron chi connectivity index (χ3n) is 4.25. The van der Waals surface area contributed by atoms with Gasteiger partial charge in [0.05, 0.1) is 6.54 Å². The van der Waals surface area contributed by atoms with Gasteiger partial charge in [0.1, 0.15) is 0 Å². The minimum Gasteiger partial charge on any atom is -0.324 e. The zero-order valence-corrected chi connectivity index (χ0v) is 11.8. The molecule has 104 valence electrons. The van der Waals surface area contributed by atoms with Gasteiger partial charge in [-0.1, -0.05) is 30.3 Å². The second kappa shape index (κ2) is 5.25. The van der Waals surface area contributed by atoms with Crippen molar-refractivity contribution in [3.8, 4) is 0 Å². The standard InChI is InChI=1S/C17H20N2O/c1-12-5-2-3-6-13(12)11-19-16-8-4-7-15(18)14(16)9-10-17(19)20/h2-3,5-6,9-10,15H,4,7-8,11,18H2,1H3. The number of pyridine rings is 1. The van der Waals surface area contributed by atoms with Crippen LogP contribution in [0.25, 0.3) is 0 Å². The lowest BCUT2D eigenvalue weighted by Crippen LogP contribution is -2.29. The minimum atomic E-state index is 0.0705. The quantitative estimate of drug-likeness (QED) is 0.910. The van der Waals surface area contributed by atoms with Gasteiger partial charge in [-0.05, 0) is 42.9 Å². The Hall–Kier alpha value is -1.87. The van der Waals surface area contributed by atoms with Gasteiger partial charge in [-0.15, -0.1) is 0 Å². The van der Waals surface area contributed by atoms with Gasteiger partial charge in [-0.2, -0.15) is 0 Å². The molecule has 0 saturated heterocycles. The van der Waals surface area contributed by atoms with E-state index in [-0.39, 0.29) is 11.6 Å². The van der Waals surface area contributed by atoms with E-state index < -0.39 is 0 Å². The molecule has 1 aromatic carbocycles. The molecule has 0 radical (unpaired) electrons. The number of fused-ring (bicyclic) bond motifs is 1. The van der Waals surface area contributed by atoms with E-state index >= 15 is 0 Å². The lowest BCUT2D eigenvalue weighted by atomic mass is 9.91. The summed E-state index contributed by atoms with van der Waals surface area (Å²) in [6.07, 6.45) is 3.02. The Morgan fingerprint density at radius 2 is 2.05 bits per heavy atom. The van der Waals surface area contributed by atoms with Crippen molar-refractivity contribution in [3.63, 3.8) is 0 Å². The molecule has 3 heteroatoms. The van der Waals surface area contributed by atoms with Crippen LogP contribution in [-0.2, 0) is 13.0 Å². The molecule has 1 atom stereocenters. The minimum absolute atomic E-state index is 0.0705. The first-order valence-corrected chi connectivity index (χ1v) is 7.19. The fourth-order valence-electron chi connectivity index (χ4n) is 3.03. The van der Waals surface area contributed by atoms with Crippen LogP contribution in [0.1, 0.15) is 41.3 Å². The van der Waals surface area contributed by atoms with Crippen molar-refractivity contribution in [2.45, 2.75) is 38.8 Å². The summed E-state index contributed by atoms with van der Waals surface area (Å²) in [5.74, 6) is 0. The number of nitrogens with zero attached hydrogens (tertiary/aromatic N) is 1. The molecule has 3 nitrogen and oxygen atoms in total. The molecule has 20 heavy (non-hydrogen) atoms. The Labute approximate surface area is 119 Å². The van der Waals surface area contributed by atoms with Crippen LogP contribution in [0.5, 0.6) is 0 Å². The molecule has 2 aromatic rings. The van der Waals surface area contributed by atoms with Crippen LogP contribution in [0.4, 0.5) is 0 Å². The number of hydrogen-bond acceptors (Lipinski definition) is 2. The van der Waals surface area contributed by atoms with E-state index in [4.69, 9.17) is 5.73 Å².